The molecule has 0 amide bonds. The summed E-state index contributed by atoms with van der Waals surface area (Å²) in [5, 5.41) is 28.8. The Bertz CT molecular complexity index is 1340. The molecule has 1 aliphatic heterocycles. The minimum absolute atomic E-state index is 0.0379. The van der Waals surface area contributed by atoms with E-state index in [4.69, 9.17) is 28.8 Å². The van der Waals surface area contributed by atoms with Crippen LogP contribution in [0.25, 0.3) is 11.2 Å². The van der Waals surface area contributed by atoms with Gasteiger partial charge >= 0.3 is 7.82 Å². The Balaban J connectivity index is 1.68. The van der Waals surface area contributed by atoms with Crippen LogP contribution in [0.15, 0.2) is 6.33 Å². The summed E-state index contributed by atoms with van der Waals surface area (Å²) in [5.41, 5.74) is 4.01. The van der Waals surface area contributed by atoms with Crippen LogP contribution in [0.5, 0.6) is 5.88 Å². The van der Waals surface area contributed by atoms with Gasteiger partial charge < -0.3 is 30.5 Å². The monoisotopic (exact) mass is 699 g/mol. The van der Waals surface area contributed by atoms with E-state index in [2.05, 4.69) is 15.0 Å². The van der Waals surface area contributed by atoms with E-state index in [-0.39, 0.29) is 71.2 Å². The van der Waals surface area contributed by atoms with Gasteiger partial charge in [-0.05, 0) is 27.7 Å². The summed E-state index contributed by atoms with van der Waals surface area (Å²) in [6.45, 7) is 4.38. The van der Waals surface area contributed by atoms with E-state index >= 15 is 4.39 Å². The molecule has 0 aliphatic carbocycles. The summed E-state index contributed by atoms with van der Waals surface area (Å²) in [5.74, 6) is -0.0309. The Morgan fingerprint density at radius 3 is 2.13 bits per heavy atom. The van der Waals surface area contributed by atoms with Crippen molar-refractivity contribution in [2.24, 2.45) is 10.8 Å². The van der Waals surface area contributed by atoms with Crippen molar-refractivity contribution in [2.45, 2.75) is 52.3 Å². The van der Waals surface area contributed by atoms with E-state index in [9.17, 15) is 29.5 Å². The number of imidazole rings is 1. The van der Waals surface area contributed by atoms with Crippen LogP contribution >= 0.6 is 31.3 Å². The minimum Gasteiger partial charge on any atom is -0.479 e. The van der Waals surface area contributed by atoms with E-state index in [0.29, 0.717) is 0 Å². The highest BCUT2D eigenvalue weighted by Gasteiger charge is 2.47. The van der Waals surface area contributed by atoms with Gasteiger partial charge in [0.25, 0.3) is 0 Å². The van der Waals surface area contributed by atoms with E-state index in [1.54, 1.807) is 27.7 Å². The number of rotatable bonds is 17. The molecule has 16 nitrogen and oxygen atoms in total. The Hall–Kier alpha value is -1.93. The number of hydrogen-bond donors (Lipinski definition) is 4. The number of thioether (sulfide) groups is 2. The molecule has 254 valence electrons. The molecule has 0 bridgehead atoms. The van der Waals surface area contributed by atoms with E-state index < -0.39 is 49.9 Å². The normalized spacial score (nSPS) is 21.0. The molecule has 2 aromatic heterocycles. The molecule has 4 atom stereocenters. The van der Waals surface area contributed by atoms with Crippen molar-refractivity contribution in [3.63, 3.8) is 0 Å². The largest absolute Gasteiger partial charge is 0.479 e. The van der Waals surface area contributed by atoms with Gasteiger partial charge in [-0.15, -0.1) is 0 Å². The van der Waals surface area contributed by atoms with Crippen LogP contribution in [0, 0.1) is 10.8 Å². The molecule has 3 heterocycles. The first-order valence-electron chi connectivity index (χ1n) is 13.7. The van der Waals surface area contributed by atoms with Gasteiger partial charge in [-0.1, -0.05) is 23.5 Å². The van der Waals surface area contributed by atoms with Crippen LogP contribution < -0.4 is 10.5 Å². The maximum atomic E-state index is 15.3. The molecule has 0 spiro atoms. The fourth-order valence-electron chi connectivity index (χ4n) is 3.66. The number of aromatic nitrogens is 4. The van der Waals surface area contributed by atoms with Gasteiger partial charge in [-0.2, -0.15) is 9.97 Å². The zero-order valence-corrected chi connectivity index (χ0v) is 28.0. The number of fused-ring (bicyclic) bond motifs is 1. The van der Waals surface area contributed by atoms with Crippen molar-refractivity contribution in [3.05, 3.63) is 6.33 Å². The molecule has 0 radical (unpaired) electrons. The summed E-state index contributed by atoms with van der Waals surface area (Å²) in [4.78, 5) is 36.7. The van der Waals surface area contributed by atoms with Crippen molar-refractivity contribution in [1.29, 1.82) is 0 Å². The number of carbonyl (C=O) groups is 2. The predicted octanol–water partition coefficient (Wildman–Crippen LogP) is 1.73. The van der Waals surface area contributed by atoms with Crippen molar-refractivity contribution >= 4 is 58.7 Å². The lowest BCUT2D eigenvalue weighted by Gasteiger charge is -2.22. The first-order chi connectivity index (χ1) is 21.1. The number of phosphoric ester groups is 1. The summed E-state index contributed by atoms with van der Waals surface area (Å²) < 4.78 is 57.1. The average molecular weight is 700 g/mol. The Labute approximate surface area is 267 Å². The number of aliphatic hydroxyl groups is 3. The van der Waals surface area contributed by atoms with Crippen LogP contribution in [0.2, 0.25) is 0 Å². The highest BCUT2D eigenvalue weighted by atomic mass is 32.2. The summed E-state index contributed by atoms with van der Waals surface area (Å²) in [7, 11) is -3.05. The number of halogens is 1. The summed E-state index contributed by atoms with van der Waals surface area (Å²) in [6, 6.07) is 0. The Kier molecular flexibility index (Phi) is 13.2. The Morgan fingerprint density at radius 2 is 1.62 bits per heavy atom. The van der Waals surface area contributed by atoms with Gasteiger partial charge in [0.15, 0.2) is 33.8 Å². The zero-order chi connectivity index (χ0) is 33.6. The van der Waals surface area contributed by atoms with Gasteiger partial charge in [0, 0.05) is 11.5 Å². The van der Waals surface area contributed by atoms with Gasteiger partial charge in [-0.3, -0.25) is 27.7 Å². The van der Waals surface area contributed by atoms with E-state index in [1.165, 1.54) is 18.0 Å². The number of phosphoric acid groups is 1. The predicted molar refractivity (Wildman–Crippen MR) is 163 cm³/mol. The van der Waals surface area contributed by atoms with E-state index in [1.807, 2.05) is 0 Å². The molecule has 0 aromatic carbocycles. The SMILES string of the molecule is COc1nc(N)nc2c1ncn2[C@@H]1O[C@H](COP(=O)(OCCSC(=O)C(C)(C)CO)OCCSC(=O)C(C)(C)CO)C(O)C1F. The molecule has 1 saturated heterocycles. The molecular formula is C25H39FN5O11PS2. The topological polar surface area (TPSA) is 228 Å². The molecular weight excluding hydrogens is 660 g/mol. The summed E-state index contributed by atoms with van der Waals surface area (Å²) >= 11 is 1.71. The molecule has 45 heavy (non-hydrogen) atoms. The quantitative estimate of drug-likeness (QED) is 0.136. The number of anilines is 1. The highest BCUT2D eigenvalue weighted by molar-refractivity contribution is 8.14. The molecule has 1 aliphatic rings. The number of nitrogens with zero attached hydrogens (tertiary/aromatic N) is 4. The number of alkyl halides is 1. The smallest absolute Gasteiger partial charge is 0.474 e. The summed E-state index contributed by atoms with van der Waals surface area (Å²) in [6.07, 6.45) is -5.27. The maximum Gasteiger partial charge on any atom is 0.474 e. The van der Waals surface area contributed by atoms with Crippen LogP contribution in [-0.4, -0.2) is 115 Å². The van der Waals surface area contributed by atoms with Gasteiger partial charge in [0.2, 0.25) is 11.8 Å². The number of nitrogen functional groups attached to an aromatic ring is 1. The third-order valence-corrected chi connectivity index (χ3v) is 10.4. The second-order valence-corrected chi connectivity index (χ2v) is 15.0. The molecule has 20 heteroatoms. The number of ether oxygens (including phenoxy) is 2. The molecule has 0 saturated carbocycles. The van der Waals surface area contributed by atoms with Crippen molar-refractivity contribution in [3.8, 4) is 5.88 Å². The standard InChI is InChI=1S/C25H39FN5O11PS2/c1-24(2,11-32)21(35)44-8-6-39-43(37,40-7-9-45-22(36)25(3,4)12-33)41-10-14-17(34)15(26)20(42-14)31-13-28-16-18(31)29-23(27)30-19(16)38-5/h13-15,17,20,32-34H,6-12H2,1-5H3,(H2,27,29,30)/t14-,15?,17?,20-/m1/s1. The van der Waals surface area contributed by atoms with Crippen LogP contribution in [0.1, 0.15) is 33.9 Å². The van der Waals surface area contributed by atoms with Crippen molar-refractivity contribution in [2.75, 3.05) is 57.4 Å². The fraction of sp³-hybridized carbons (Fsp3) is 0.720. The molecule has 3 rings (SSSR count). The van der Waals surface area contributed by atoms with Crippen molar-refractivity contribution < 1.29 is 56.9 Å². The highest BCUT2D eigenvalue weighted by Crippen LogP contribution is 2.50. The second kappa shape index (κ2) is 15.8. The maximum absolute atomic E-state index is 15.3. The second-order valence-electron chi connectivity index (χ2n) is 11.2. The van der Waals surface area contributed by atoms with Gasteiger partial charge in [0.05, 0.1) is 57.3 Å². The minimum atomic E-state index is -4.40. The molecule has 5 N–H and O–H groups in total. The first-order valence-corrected chi connectivity index (χ1v) is 17.1. The number of carbonyl (C=O) groups excluding carboxylic acids is 2. The van der Waals surface area contributed by atoms with E-state index in [0.717, 1.165) is 23.5 Å². The van der Waals surface area contributed by atoms with Crippen molar-refractivity contribution in [1.82, 2.24) is 19.5 Å². The van der Waals surface area contributed by atoms with Gasteiger partial charge in [0.1, 0.15) is 12.2 Å². The lowest BCUT2D eigenvalue weighted by atomic mass is 9.97. The van der Waals surface area contributed by atoms with Crippen LogP contribution in [0.4, 0.5) is 10.3 Å². The third kappa shape index (κ3) is 9.33. The molecule has 2 unspecified atom stereocenters. The first kappa shape index (κ1) is 37.5. The molecule has 1 fully saturated rings. The fourth-order valence-corrected chi connectivity index (χ4v) is 6.71. The number of hydrogen-bond acceptors (Lipinski definition) is 17. The zero-order valence-electron chi connectivity index (χ0n) is 25.5. The van der Waals surface area contributed by atoms with Crippen LogP contribution in [0.3, 0.4) is 0 Å². The number of methoxy groups -OCH3 is 1. The molecule has 2 aromatic rings. The van der Waals surface area contributed by atoms with Crippen LogP contribution in [-0.2, 0) is 32.5 Å². The van der Waals surface area contributed by atoms with Gasteiger partial charge in [-0.25, -0.2) is 13.9 Å². The third-order valence-electron chi connectivity index (χ3n) is 6.59. The number of nitrogens with two attached hydrogens (primary N) is 1. The lowest BCUT2D eigenvalue weighted by molar-refractivity contribution is -0.120. The lowest BCUT2D eigenvalue weighted by Crippen LogP contribution is -2.31. The average Bonchev–Trinajstić information content (AvgIpc) is 3.55. The number of aliphatic hydroxyl groups excluding tert-OH is 3. The Morgan fingerprint density at radius 1 is 1.07 bits per heavy atom.